The predicted octanol–water partition coefficient (Wildman–Crippen LogP) is 4.02. The molecule has 1 spiro atoms. The molecule has 3 nitrogen and oxygen atoms in total. The van der Waals surface area contributed by atoms with Crippen molar-refractivity contribution in [2.75, 3.05) is 11.9 Å². The first-order chi connectivity index (χ1) is 10.2. The molecule has 2 saturated carbocycles. The topological polar surface area (TPSA) is 45.0 Å². The van der Waals surface area contributed by atoms with Crippen molar-refractivity contribution in [2.45, 2.75) is 58.1 Å². The standard InChI is InChI=1S/C18H24N2O/c1-3-21-17-11-16(18(17)9-4-5-10-18)20-15-8-6-7-13(2)14(15)12-19/h6-8,16-17,20H,3-5,9-11H2,1-2H3. The maximum Gasteiger partial charge on any atom is 0.102 e. The van der Waals surface area contributed by atoms with Crippen molar-refractivity contribution < 1.29 is 4.74 Å². The minimum Gasteiger partial charge on any atom is -0.380 e. The number of nitrogens with one attached hydrogen (secondary N) is 1. The third kappa shape index (κ3) is 2.32. The molecule has 0 bridgehead atoms. The number of benzene rings is 1. The van der Waals surface area contributed by atoms with Crippen LogP contribution in [-0.2, 0) is 4.74 Å². The number of hydrogen-bond donors (Lipinski definition) is 1. The molecule has 0 amide bonds. The summed E-state index contributed by atoms with van der Waals surface area (Å²) in [5.41, 5.74) is 3.12. The lowest BCUT2D eigenvalue weighted by Gasteiger charge is -2.54. The summed E-state index contributed by atoms with van der Waals surface area (Å²) >= 11 is 0. The number of aryl methyl sites for hydroxylation is 1. The highest BCUT2D eigenvalue weighted by atomic mass is 16.5. The third-order valence-corrected chi connectivity index (χ3v) is 5.40. The number of nitrogens with zero attached hydrogens (tertiary/aromatic N) is 1. The van der Waals surface area contributed by atoms with Crippen molar-refractivity contribution in [3.05, 3.63) is 29.3 Å². The van der Waals surface area contributed by atoms with Crippen molar-refractivity contribution in [3.8, 4) is 6.07 Å². The summed E-state index contributed by atoms with van der Waals surface area (Å²) in [6.07, 6.45) is 6.58. The van der Waals surface area contributed by atoms with E-state index in [9.17, 15) is 5.26 Å². The lowest BCUT2D eigenvalue weighted by Crippen LogP contribution is -2.60. The van der Waals surface area contributed by atoms with Gasteiger partial charge >= 0.3 is 0 Å². The third-order valence-electron chi connectivity index (χ3n) is 5.40. The van der Waals surface area contributed by atoms with Crippen LogP contribution in [0.2, 0.25) is 0 Å². The Labute approximate surface area is 127 Å². The van der Waals surface area contributed by atoms with E-state index in [0.717, 1.165) is 29.8 Å². The van der Waals surface area contributed by atoms with Crippen LogP contribution in [0.4, 0.5) is 5.69 Å². The van der Waals surface area contributed by atoms with Gasteiger partial charge in [-0.1, -0.05) is 25.0 Å². The zero-order chi connectivity index (χ0) is 14.9. The molecule has 2 aliphatic carbocycles. The maximum atomic E-state index is 9.38. The quantitative estimate of drug-likeness (QED) is 0.908. The van der Waals surface area contributed by atoms with Crippen LogP contribution >= 0.6 is 0 Å². The SMILES string of the molecule is CCOC1CC(Nc2cccc(C)c2C#N)C12CCCC2. The fourth-order valence-electron chi connectivity index (χ4n) is 4.21. The van der Waals surface area contributed by atoms with Gasteiger partial charge in [-0.15, -0.1) is 0 Å². The summed E-state index contributed by atoms with van der Waals surface area (Å²) in [7, 11) is 0. The highest BCUT2D eigenvalue weighted by Crippen LogP contribution is 2.55. The smallest absolute Gasteiger partial charge is 0.102 e. The summed E-state index contributed by atoms with van der Waals surface area (Å²) in [4.78, 5) is 0. The normalized spacial score (nSPS) is 26.3. The first-order valence-electron chi connectivity index (χ1n) is 8.09. The summed E-state index contributed by atoms with van der Waals surface area (Å²) in [5.74, 6) is 0. The van der Waals surface area contributed by atoms with E-state index < -0.39 is 0 Å². The molecule has 3 rings (SSSR count). The Morgan fingerprint density at radius 3 is 2.81 bits per heavy atom. The second-order valence-electron chi connectivity index (χ2n) is 6.43. The Morgan fingerprint density at radius 2 is 2.14 bits per heavy atom. The number of hydrogen-bond acceptors (Lipinski definition) is 3. The predicted molar refractivity (Wildman–Crippen MR) is 84.2 cm³/mol. The molecular weight excluding hydrogens is 260 g/mol. The number of ether oxygens (including phenoxy) is 1. The average molecular weight is 284 g/mol. The Hall–Kier alpha value is -1.53. The first kappa shape index (κ1) is 14.4. The van der Waals surface area contributed by atoms with Crippen molar-refractivity contribution in [2.24, 2.45) is 5.41 Å². The van der Waals surface area contributed by atoms with E-state index >= 15 is 0 Å². The van der Waals surface area contributed by atoms with Gasteiger partial charge in [0, 0.05) is 18.1 Å². The van der Waals surface area contributed by atoms with E-state index in [-0.39, 0.29) is 0 Å². The van der Waals surface area contributed by atoms with Gasteiger partial charge in [0.2, 0.25) is 0 Å². The van der Waals surface area contributed by atoms with Gasteiger partial charge in [0.1, 0.15) is 6.07 Å². The van der Waals surface area contributed by atoms with E-state index in [2.05, 4.69) is 18.3 Å². The van der Waals surface area contributed by atoms with Gasteiger partial charge in [0.05, 0.1) is 17.4 Å². The summed E-state index contributed by atoms with van der Waals surface area (Å²) in [6.45, 7) is 4.88. The molecule has 0 aromatic heterocycles. The first-order valence-corrected chi connectivity index (χ1v) is 8.09. The summed E-state index contributed by atoms with van der Waals surface area (Å²) < 4.78 is 5.96. The van der Waals surface area contributed by atoms with Crippen LogP contribution in [-0.4, -0.2) is 18.8 Å². The van der Waals surface area contributed by atoms with Gasteiger partial charge < -0.3 is 10.1 Å². The van der Waals surface area contributed by atoms with Gasteiger partial charge in [-0.25, -0.2) is 0 Å². The van der Waals surface area contributed by atoms with Crippen LogP contribution in [0, 0.1) is 23.7 Å². The lowest BCUT2D eigenvalue weighted by molar-refractivity contribution is -0.114. The molecule has 0 aliphatic heterocycles. The van der Waals surface area contributed by atoms with Crippen molar-refractivity contribution in [1.29, 1.82) is 5.26 Å². The van der Waals surface area contributed by atoms with Gasteiger partial charge in [-0.3, -0.25) is 0 Å². The maximum absolute atomic E-state index is 9.38. The van der Waals surface area contributed by atoms with Gasteiger partial charge in [-0.05, 0) is 44.7 Å². The Kier molecular flexibility index (Phi) is 3.91. The van der Waals surface area contributed by atoms with Crippen molar-refractivity contribution in [3.63, 3.8) is 0 Å². The second kappa shape index (κ2) is 5.69. The minimum absolute atomic E-state index is 0.298. The van der Waals surface area contributed by atoms with Crippen LogP contribution in [0.15, 0.2) is 18.2 Å². The van der Waals surface area contributed by atoms with Gasteiger partial charge in [-0.2, -0.15) is 5.26 Å². The van der Waals surface area contributed by atoms with Gasteiger partial charge in [0.15, 0.2) is 0 Å². The Balaban J connectivity index is 1.80. The fraction of sp³-hybridized carbons (Fsp3) is 0.611. The molecule has 3 heteroatoms. The zero-order valence-corrected chi connectivity index (χ0v) is 13.0. The molecular formula is C18H24N2O. The molecule has 2 fully saturated rings. The second-order valence-corrected chi connectivity index (χ2v) is 6.43. The van der Waals surface area contributed by atoms with Gasteiger partial charge in [0.25, 0.3) is 0 Å². The molecule has 1 N–H and O–H groups in total. The monoisotopic (exact) mass is 284 g/mol. The number of rotatable bonds is 4. The Bertz CT molecular complexity index is 555. The van der Waals surface area contributed by atoms with E-state index in [1.54, 1.807) is 0 Å². The summed E-state index contributed by atoms with van der Waals surface area (Å²) in [5, 5.41) is 13.0. The number of anilines is 1. The molecule has 1 aromatic rings. The molecule has 0 saturated heterocycles. The molecule has 2 atom stereocenters. The van der Waals surface area contributed by atoms with Crippen molar-refractivity contribution >= 4 is 5.69 Å². The highest BCUT2D eigenvalue weighted by Gasteiger charge is 2.56. The van der Waals surface area contributed by atoms with E-state index in [0.29, 0.717) is 17.6 Å². The molecule has 0 heterocycles. The molecule has 112 valence electrons. The fourth-order valence-corrected chi connectivity index (χ4v) is 4.21. The average Bonchev–Trinajstić information content (AvgIpc) is 2.99. The van der Waals surface area contributed by atoms with Crippen LogP contribution in [0.1, 0.15) is 50.2 Å². The van der Waals surface area contributed by atoms with Crippen LogP contribution in [0.25, 0.3) is 0 Å². The highest BCUT2D eigenvalue weighted by molar-refractivity contribution is 5.61. The summed E-state index contributed by atoms with van der Waals surface area (Å²) in [6, 6.07) is 8.84. The number of nitriles is 1. The molecule has 1 aromatic carbocycles. The molecule has 2 aliphatic rings. The van der Waals surface area contributed by atoms with Crippen LogP contribution < -0.4 is 5.32 Å². The largest absolute Gasteiger partial charge is 0.380 e. The lowest BCUT2D eigenvalue weighted by atomic mass is 9.60. The van der Waals surface area contributed by atoms with Crippen molar-refractivity contribution in [1.82, 2.24) is 0 Å². The van der Waals surface area contributed by atoms with Crippen LogP contribution in [0.5, 0.6) is 0 Å². The minimum atomic E-state index is 0.298. The van der Waals surface area contributed by atoms with E-state index in [1.165, 1.54) is 25.7 Å². The Morgan fingerprint density at radius 1 is 1.38 bits per heavy atom. The zero-order valence-electron chi connectivity index (χ0n) is 13.0. The van der Waals surface area contributed by atoms with E-state index in [1.807, 2.05) is 25.1 Å². The molecule has 2 unspecified atom stereocenters. The van der Waals surface area contributed by atoms with Crippen LogP contribution in [0.3, 0.4) is 0 Å². The van der Waals surface area contributed by atoms with E-state index in [4.69, 9.17) is 4.74 Å². The molecule has 0 radical (unpaired) electrons. The molecule has 21 heavy (non-hydrogen) atoms.